The fraction of sp³-hybridized carbons (Fsp3) is 0.294. The molecule has 25 heavy (non-hydrogen) atoms. The first-order chi connectivity index (χ1) is 12.2. The van der Waals surface area contributed by atoms with E-state index in [0.717, 1.165) is 12.8 Å². The molecular formula is C17H17N5O3. The van der Waals surface area contributed by atoms with Gasteiger partial charge in [0.25, 0.3) is 5.91 Å². The maximum atomic E-state index is 12.6. The minimum Gasteiger partial charge on any atom is -0.459 e. The molecule has 8 nitrogen and oxygen atoms in total. The van der Waals surface area contributed by atoms with Gasteiger partial charge in [-0.15, -0.1) is 10.2 Å². The molecule has 0 saturated carbocycles. The normalized spacial score (nSPS) is 17.6. The summed E-state index contributed by atoms with van der Waals surface area (Å²) in [5.74, 6) is 0.0499. The molecule has 4 rings (SSSR count). The first kappa shape index (κ1) is 15.4. The predicted octanol–water partition coefficient (Wildman–Crippen LogP) is 1.81. The van der Waals surface area contributed by atoms with Crippen LogP contribution in [0, 0.1) is 5.92 Å². The monoisotopic (exact) mass is 339 g/mol. The third-order valence-corrected chi connectivity index (χ3v) is 4.36. The number of anilines is 1. The van der Waals surface area contributed by atoms with E-state index in [2.05, 4.69) is 15.5 Å². The zero-order chi connectivity index (χ0) is 17.2. The van der Waals surface area contributed by atoms with Crippen molar-refractivity contribution in [1.82, 2.24) is 19.5 Å². The van der Waals surface area contributed by atoms with Crippen LogP contribution in [0.1, 0.15) is 23.4 Å². The van der Waals surface area contributed by atoms with E-state index in [9.17, 15) is 9.59 Å². The van der Waals surface area contributed by atoms with E-state index in [4.69, 9.17) is 4.42 Å². The van der Waals surface area contributed by atoms with Gasteiger partial charge in [0.2, 0.25) is 11.9 Å². The number of piperidine rings is 1. The first-order valence-electron chi connectivity index (χ1n) is 8.16. The second-order valence-corrected chi connectivity index (χ2v) is 6.01. The fourth-order valence-corrected chi connectivity index (χ4v) is 3.07. The molecule has 3 aromatic heterocycles. The average molecular weight is 339 g/mol. The lowest BCUT2D eigenvalue weighted by molar-refractivity contribution is -0.121. The lowest BCUT2D eigenvalue weighted by Crippen LogP contribution is -2.43. The van der Waals surface area contributed by atoms with Crippen molar-refractivity contribution in [3.63, 3.8) is 0 Å². The highest BCUT2D eigenvalue weighted by atomic mass is 16.3. The van der Waals surface area contributed by atoms with E-state index in [1.165, 1.54) is 6.26 Å². The van der Waals surface area contributed by atoms with Gasteiger partial charge in [0.1, 0.15) is 0 Å². The molecule has 1 atom stereocenters. The van der Waals surface area contributed by atoms with E-state index < -0.39 is 0 Å². The van der Waals surface area contributed by atoms with Crippen LogP contribution >= 0.6 is 0 Å². The standard InChI is InChI=1S/C17H17N5O3/c23-15(18-17-20-19-14-7-1-2-9-22(14)17)12-5-3-8-21(11-12)16(24)13-6-4-10-25-13/h1-2,4,6-7,9-10,12H,3,5,8,11H2,(H,18,20,23). The van der Waals surface area contributed by atoms with Gasteiger partial charge >= 0.3 is 0 Å². The van der Waals surface area contributed by atoms with E-state index in [1.54, 1.807) is 27.6 Å². The van der Waals surface area contributed by atoms with Crippen LogP contribution in [0.5, 0.6) is 0 Å². The van der Waals surface area contributed by atoms with Crippen LogP contribution in [0.25, 0.3) is 5.65 Å². The number of rotatable bonds is 3. The number of furan rings is 1. The predicted molar refractivity (Wildman–Crippen MR) is 89.0 cm³/mol. The molecule has 1 saturated heterocycles. The van der Waals surface area contributed by atoms with Gasteiger partial charge in [0, 0.05) is 19.3 Å². The summed E-state index contributed by atoms with van der Waals surface area (Å²) < 4.78 is 6.88. The summed E-state index contributed by atoms with van der Waals surface area (Å²) in [7, 11) is 0. The number of hydrogen-bond donors (Lipinski definition) is 1. The molecule has 4 heterocycles. The van der Waals surface area contributed by atoms with E-state index in [-0.39, 0.29) is 17.7 Å². The number of carbonyl (C=O) groups excluding carboxylic acids is 2. The third-order valence-electron chi connectivity index (χ3n) is 4.36. The number of fused-ring (bicyclic) bond motifs is 1. The van der Waals surface area contributed by atoms with Crippen LogP contribution in [0.2, 0.25) is 0 Å². The zero-order valence-corrected chi connectivity index (χ0v) is 13.5. The van der Waals surface area contributed by atoms with Crippen molar-refractivity contribution in [3.05, 3.63) is 48.6 Å². The van der Waals surface area contributed by atoms with Gasteiger partial charge in [-0.25, -0.2) is 0 Å². The summed E-state index contributed by atoms with van der Waals surface area (Å²) in [6.07, 6.45) is 4.76. The van der Waals surface area contributed by atoms with Crippen molar-refractivity contribution < 1.29 is 14.0 Å². The number of nitrogens with zero attached hydrogens (tertiary/aromatic N) is 4. The van der Waals surface area contributed by atoms with Crippen LogP contribution < -0.4 is 5.32 Å². The smallest absolute Gasteiger partial charge is 0.289 e. The first-order valence-corrected chi connectivity index (χ1v) is 8.16. The van der Waals surface area contributed by atoms with Crippen molar-refractivity contribution in [2.75, 3.05) is 18.4 Å². The highest BCUT2D eigenvalue weighted by Crippen LogP contribution is 2.20. The van der Waals surface area contributed by atoms with Gasteiger partial charge in [-0.1, -0.05) is 6.07 Å². The zero-order valence-electron chi connectivity index (χ0n) is 13.5. The van der Waals surface area contributed by atoms with Crippen LogP contribution in [0.15, 0.2) is 47.2 Å². The average Bonchev–Trinajstić information content (AvgIpc) is 3.32. The van der Waals surface area contributed by atoms with Gasteiger partial charge in [-0.3, -0.25) is 19.3 Å². The summed E-state index contributed by atoms with van der Waals surface area (Å²) in [5, 5.41) is 10.8. The Kier molecular flexibility index (Phi) is 3.93. The molecule has 0 bridgehead atoms. The van der Waals surface area contributed by atoms with Crippen LogP contribution in [-0.4, -0.2) is 44.4 Å². The van der Waals surface area contributed by atoms with Crippen molar-refractivity contribution in [3.8, 4) is 0 Å². The summed E-state index contributed by atoms with van der Waals surface area (Å²) >= 11 is 0. The topological polar surface area (TPSA) is 92.7 Å². The molecule has 128 valence electrons. The maximum absolute atomic E-state index is 12.6. The van der Waals surface area contributed by atoms with Crippen LogP contribution in [0.3, 0.4) is 0 Å². The van der Waals surface area contributed by atoms with Crippen molar-refractivity contribution in [1.29, 1.82) is 0 Å². The minimum atomic E-state index is -0.288. The Hall–Kier alpha value is -3.16. The molecule has 1 N–H and O–H groups in total. The Balaban J connectivity index is 1.46. The van der Waals surface area contributed by atoms with Crippen molar-refractivity contribution >= 4 is 23.4 Å². The lowest BCUT2D eigenvalue weighted by atomic mass is 9.97. The van der Waals surface area contributed by atoms with Crippen molar-refractivity contribution in [2.24, 2.45) is 5.92 Å². The number of hydrogen-bond acceptors (Lipinski definition) is 5. The van der Waals surface area contributed by atoms with Gasteiger partial charge in [-0.2, -0.15) is 0 Å². The Morgan fingerprint density at radius 1 is 1.20 bits per heavy atom. The molecule has 0 aromatic carbocycles. The summed E-state index contributed by atoms with van der Waals surface area (Å²) in [5.41, 5.74) is 0.663. The van der Waals surface area contributed by atoms with Gasteiger partial charge in [0.05, 0.1) is 12.2 Å². The van der Waals surface area contributed by atoms with Crippen LogP contribution in [0.4, 0.5) is 5.95 Å². The number of pyridine rings is 1. The molecule has 1 fully saturated rings. The number of aromatic nitrogens is 3. The van der Waals surface area contributed by atoms with E-state index >= 15 is 0 Å². The Bertz CT molecular complexity index is 902. The van der Waals surface area contributed by atoms with E-state index in [0.29, 0.717) is 30.4 Å². The van der Waals surface area contributed by atoms with Crippen molar-refractivity contribution in [2.45, 2.75) is 12.8 Å². The third kappa shape index (κ3) is 2.98. The number of likely N-dealkylation sites (tertiary alicyclic amines) is 1. The molecule has 0 spiro atoms. The lowest BCUT2D eigenvalue weighted by Gasteiger charge is -2.31. The number of nitrogens with one attached hydrogen (secondary N) is 1. The summed E-state index contributed by atoms with van der Waals surface area (Å²) in [4.78, 5) is 26.7. The van der Waals surface area contributed by atoms with E-state index in [1.807, 2.05) is 18.2 Å². The molecule has 0 aliphatic carbocycles. The Labute approximate surface area is 143 Å². The molecule has 1 aliphatic heterocycles. The van der Waals surface area contributed by atoms with Gasteiger partial charge in [0.15, 0.2) is 11.4 Å². The minimum absolute atomic E-state index is 0.157. The van der Waals surface area contributed by atoms with Gasteiger partial charge in [-0.05, 0) is 37.1 Å². The molecule has 0 radical (unpaired) electrons. The molecular weight excluding hydrogens is 322 g/mol. The van der Waals surface area contributed by atoms with Crippen LogP contribution in [-0.2, 0) is 4.79 Å². The summed E-state index contributed by atoms with van der Waals surface area (Å²) in [6, 6.07) is 8.82. The Morgan fingerprint density at radius 2 is 2.12 bits per heavy atom. The molecule has 2 amide bonds. The highest BCUT2D eigenvalue weighted by Gasteiger charge is 2.30. The SMILES string of the molecule is O=C(Nc1nnc2ccccn12)C1CCCN(C(=O)c2ccco2)C1. The highest BCUT2D eigenvalue weighted by molar-refractivity contribution is 5.94. The maximum Gasteiger partial charge on any atom is 0.289 e. The quantitative estimate of drug-likeness (QED) is 0.785. The molecule has 8 heteroatoms. The summed E-state index contributed by atoms with van der Waals surface area (Å²) in [6.45, 7) is 0.985. The Morgan fingerprint density at radius 3 is 2.96 bits per heavy atom. The number of amides is 2. The molecule has 1 unspecified atom stereocenters. The molecule has 3 aromatic rings. The second kappa shape index (κ2) is 6.39. The fourth-order valence-electron chi connectivity index (χ4n) is 3.07. The second-order valence-electron chi connectivity index (χ2n) is 6.01. The van der Waals surface area contributed by atoms with Gasteiger partial charge < -0.3 is 9.32 Å². The number of carbonyl (C=O) groups is 2. The largest absolute Gasteiger partial charge is 0.459 e. The molecule has 1 aliphatic rings.